The quantitative estimate of drug-likeness (QED) is 0.810. The van der Waals surface area contributed by atoms with E-state index < -0.39 is 28.1 Å². The van der Waals surface area contributed by atoms with Crippen LogP contribution in [-0.2, 0) is 14.8 Å². The van der Waals surface area contributed by atoms with Crippen LogP contribution < -0.4 is 10.5 Å². The summed E-state index contributed by atoms with van der Waals surface area (Å²) in [6.07, 6.45) is 2.76. The number of hydrogen-bond acceptors (Lipinski definition) is 7. The number of amides is 1. The lowest BCUT2D eigenvalue weighted by Gasteiger charge is -2.21. The van der Waals surface area contributed by atoms with Gasteiger partial charge in [0.2, 0.25) is 15.9 Å². The first-order valence-corrected chi connectivity index (χ1v) is 9.05. The predicted molar refractivity (Wildman–Crippen MR) is 86.1 cm³/mol. The molecule has 1 aliphatic rings. The molecule has 3 rings (SSSR count). The van der Waals surface area contributed by atoms with Gasteiger partial charge in [-0.25, -0.2) is 8.42 Å². The average Bonchev–Trinajstić information content (AvgIpc) is 3.13. The first-order valence-electron chi connectivity index (χ1n) is 7.61. The Bertz CT molecular complexity index is 861. The highest BCUT2D eigenvalue weighted by molar-refractivity contribution is 7.89. The van der Waals surface area contributed by atoms with Crippen molar-refractivity contribution in [2.45, 2.75) is 37.3 Å². The summed E-state index contributed by atoms with van der Waals surface area (Å²) >= 11 is 0. The first kappa shape index (κ1) is 17.4. The average molecular weight is 366 g/mol. The van der Waals surface area contributed by atoms with Gasteiger partial charge in [0.25, 0.3) is 0 Å². The number of carbonyl (C=O) groups is 1. The van der Waals surface area contributed by atoms with Crippen molar-refractivity contribution in [3.8, 4) is 5.75 Å². The Morgan fingerprint density at radius 2 is 2.20 bits per heavy atom. The topological polar surface area (TPSA) is 129 Å². The number of aromatic nitrogens is 2. The van der Waals surface area contributed by atoms with Crippen molar-refractivity contribution in [2.24, 2.45) is 5.73 Å². The minimum atomic E-state index is -4.00. The zero-order valence-corrected chi connectivity index (χ0v) is 14.6. The van der Waals surface area contributed by atoms with E-state index >= 15 is 0 Å². The summed E-state index contributed by atoms with van der Waals surface area (Å²) in [5, 5.41) is 3.67. The van der Waals surface area contributed by atoms with Crippen molar-refractivity contribution in [2.75, 3.05) is 6.54 Å². The second kappa shape index (κ2) is 6.45. The van der Waals surface area contributed by atoms with E-state index in [0.29, 0.717) is 5.75 Å². The highest BCUT2D eigenvalue weighted by Crippen LogP contribution is 2.31. The highest BCUT2D eigenvalue weighted by Gasteiger charge is 2.46. The Morgan fingerprint density at radius 1 is 1.44 bits per heavy atom. The molecule has 2 N–H and O–H groups in total. The number of nitrogens with zero attached hydrogens (tertiary/aromatic N) is 3. The van der Waals surface area contributed by atoms with Gasteiger partial charge in [-0.1, -0.05) is 5.16 Å². The van der Waals surface area contributed by atoms with Crippen LogP contribution in [0.1, 0.15) is 17.9 Å². The Labute approximate surface area is 144 Å². The molecule has 2 atom stereocenters. The fourth-order valence-corrected chi connectivity index (χ4v) is 4.88. The molecule has 0 aliphatic carbocycles. The molecule has 9 nitrogen and oxygen atoms in total. The van der Waals surface area contributed by atoms with Crippen molar-refractivity contribution in [1.29, 1.82) is 0 Å². The lowest BCUT2D eigenvalue weighted by Crippen LogP contribution is -2.43. The zero-order chi connectivity index (χ0) is 18.2. The van der Waals surface area contributed by atoms with Crippen LogP contribution in [0.3, 0.4) is 0 Å². The maximum atomic E-state index is 13.0. The van der Waals surface area contributed by atoms with Gasteiger partial charge in [0, 0.05) is 12.6 Å². The van der Waals surface area contributed by atoms with E-state index in [9.17, 15) is 13.2 Å². The van der Waals surface area contributed by atoms with E-state index in [4.69, 9.17) is 15.0 Å². The van der Waals surface area contributed by atoms with E-state index in [0.717, 1.165) is 4.31 Å². The Hall–Kier alpha value is -2.46. The SMILES string of the molecule is Cc1noc(C)c1S(=O)(=O)N1C[C@@H](Oc2cccnc2)C[C@H]1C(N)=O. The molecular formula is C15H18N4O5S. The van der Waals surface area contributed by atoms with Crippen LogP contribution in [0.2, 0.25) is 0 Å². The van der Waals surface area contributed by atoms with Crippen LogP contribution in [0, 0.1) is 13.8 Å². The second-order valence-electron chi connectivity index (χ2n) is 5.81. The van der Waals surface area contributed by atoms with Gasteiger partial charge in [0.15, 0.2) is 5.76 Å². The molecule has 134 valence electrons. The fraction of sp³-hybridized carbons (Fsp3) is 0.400. The van der Waals surface area contributed by atoms with Gasteiger partial charge in [-0.2, -0.15) is 4.31 Å². The molecule has 0 unspecified atom stereocenters. The lowest BCUT2D eigenvalue weighted by atomic mass is 10.2. The molecule has 10 heteroatoms. The van der Waals surface area contributed by atoms with Crippen molar-refractivity contribution in [3.05, 3.63) is 36.0 Å². The first-order chi connectivity index (χ1) is 11.8. The standard InChI is InChI=1S/C15H18N4O5S/c1-9-14(10(2)24-18-9)25(21,22)19-8-12(6-13(19)15(16)20)23-11-4-3-5-17-7-11/h3-5,7,12-13H,6,8H2,1-2H3,(H2,16,20)/t12-,13-/m0/s1. The number of pyridine rings is 1. The van der Waals surface area contributed by atoms with Crippen molar-refractivity contribution < 1.29 is 22.5 Å². The van der Waals surface area contributed by atoms with Crippen molar-refractivity contribution in [1.82, 2.24) is 14.4 Å². The molecule has 0 aromatic carbocycles. The van der Waals surface area contributed by atoms with E-state index in [1.54, 1.807) is 18.3 Å². The number of hydrogen-bond donors (Lipinski definition) is 1. The van der Waals surface area contributed by atoms with Gasteiger partial charge in [0.1, 0.15) is 28.5 Å². The third kappa shape index (κ3) is 3.22. The van der Waals surface area contributed by atoms with Crippen LogP contribution in [-0.4, -0.2) is 47.5 Å². The molecule has 0 bridgehead atoms. The maximum Gasteiger partial charge on any atom is 0.249 e. The number of sulfonamides is 1. The monoisotopic (exact) mass is 366 g/mol. The molecule has 1 amide bonds. The number of nitrogens with two attached hydrogens (primary N) is 1. The summed E-state index contributed by atoms with van der Waals surface area (Å²) in [7, 11) is -4.00. The molecule has 0 spiro atoms. The number of primary amides is 1. The molecule has 2 aromatic rings. The van der Waals surface area contributed by atoms with Gasteiger partial charge < -0.3 is 15.0 Å². The molecule has 2 aromatic heterocycles. The number of ether oxygens (including phenoxy) is 1. The minimum absolute atomic E-state index is 0.00507. The Morgan fingerprint density at radius 3 is 2.76 bits per heavy atom. The predicted octanol–water partition coefficient (Wildman–Crippen LogP) is 0.382. The molecule has 1 saturated heterocycles. The smallest absolute Gasteiger partial charge is 0.249 e. The van der Waals surface area contributed by atoms with Gasteiger partial charge >= 0.3 is 0 Å². The van der Waals surface area contributed by atoms with Crippen LogP contribution in [0.15, 0.2) is 33.9 Å². The summed E-state index contributed by atoms with van der Waals surface area (Å²) in [4.78, 5) is 15.7. The molecule has 3 heterocycles. The van der Waals surface area contributed by atoms with Crippen LogP contribution >= 0.6 is 0 Å². The van der Waals surface area contributed by atoms with Gasteiger partial charge in [-0.15, -0.1) is 0 Å². The molecule has 0 saturated carbocycles. The summed E-state index contributed by atoms with van der Waals surface area (Å²) in [5.41, 5.74) is 5.65. The van der Waals surface area contributed by atoms with E-state index in [1.165, 1.54) is 20.0 Å². The van der Waals surface area contributed by atoms with Crippen molar-refractivity contribution >= 4 is 15.9 Å². The third-order valence-electron chi connectivity index (χ3n) is 4.02. The number of rotatable bonds is 5. The summed E-state index contributed by atoms with van der Waals surface area (Å²) < 4.78 is 37.8. The normalized spacial score (nSPS) is 21.4. The van der Waals surface area contributed by atoms with E-state index in [1.807, 2.05) is 0 Å². The van der Waals surface area contributed by atoms with Crippen molar-refractivity contribution in [3.63, 3.8) is 0 Å². The minimum Gasteiger partial charge on any atom is -0.487 e. The van der Waals surface area contributed by atoms with Crippen LogP contribution in [0.25, 0.3) is 0 Å². The Kier molecular flexibility index (Phi) is 4.48. The van der Waals surface area contributed by atoms with Gasteiger partial charge in [0.05, 0.1) is 12.7 Å². The van der Waals surface area contributed by atoms with Crippen LogP contribution in [0.4, 0.5) is 0 Å². The van der Waals surface area contributed by atoms with Gasteiger partial charge in [-0.3, -0.25) is 9.78 Å². The lowest BCUT2D eigenvalue weighted by molar-refractivity contribution is -0.121. The van der Waals surface area contributed by atoms with Gasteiger partial charge in [-0.05, 0) is 26.0 Å². The summed E-state index contributed by atoms with van der Waals surface area (Å²) in [6.45, 7) is 3.03. The highest BCUT2D eigenvalue weighted by atomic mass is 32.2. The number of carbonyl (C=O) groups excluding carboxylic acids is 1. The molecule has 1 fully saturated rings. The largest absolute Gasteiger partial charge is 0.487 e. The Balaban J connectivity index is 1.90. The molecule has 25 heavy (non-hydrogen) atoms. The number of aryl methyl sites for hydroxylation is 2. The molecule has 0 radical (unpaired) electrons. The summed E-state index contributed by atoms with van der Waals surface area (Å²) in [5.74, 6) is -0.0720. The summed E-state index contributed by atoms with van der Waals surface area (Å²) in [6, 6.07) is 2.41. The molecule has 1 aliphatic heterocycles. The molecular weight excluding hydrogens is 348 g/mol. The third-order valence-corrected chi connectivity index (χ3v) is 6.14. The zero-order valence-electron chi connectivity index (χ0n) is 13.7. The van der Waals surface area contributed by atoms with E-state index in [2.05, 4.69) is 10.1 Å². The second-order valence-corrected chi connectivity index (χ2v) is 7.64. The maximum absolute atomic E-state index is 13.0. The fourth-order valence-electron chi connectivity index (χ4n) is 2.95. The van der Waals surface area contributed by atoms with Crippen LogP contribution in [0.5, 0.6) is 5.75 Å². The van der Waals surface area contributed by atoms with E-state index in [-0.39, 0.29) is 29.3 Å².